The maximum atomic E-state index is 5.76. The van der Waals surface area contributed by atoms with Crippen molar-refractivity contribution in [2.45, 2.75) is 31.2 Å². The highest BCUT2D eigenvalue weighted by Gasteiger charge is 2.20. The summed E-state index contributed by atoms with van der Waals surface area (Å²) in [6.45, 7) is 0. The first-order valence-electron chi connectivity index (χ1n) is 7.09. The standard InChI is InChI=1S/C17H19IN2/c18-16-10-8-15(9-11-16)17(20-19)14-6-4-13(5-7-14)12-2-1-3-12/h4-12,17,20H,1-3,19H2. The molecule has 3 heteroatoms. The fourth-order valence-electron chi connectivity index (χ4n) is 2.74. The number of hydrogen-bond acceptors (Lipinski definition) is 2. The van der Waals surface area contributed by atoms with E-state index in [4.69, 9.17) is 5.84 Å². The SMILES string of the molecule is NNC(c1ccc(I)cc1)c1ccc(C2CCC2)cc1. The van der Waals surface area contributed by atoms with Gasteiger partial charge >= 0.3 is 0 Å². The van der Waals surface area contributed by atoms with E-state index in [1.54, 1.807) is 0 Å². The molecule has 0 bridgehead atoms. The zero-order chi connectivity index (χ0) is 13.9. The van der Waals surface area contributed by atoms with E-state index >= 15 is 0 Å². The molecular formula is C17H19IN2. The van der Waals surface area contributed by atoms with Crippen molar-refractivity contribution < 1.29 is 0 Å². The lowest BCUT2D eigenvalue weighted by Crippen LogP contribution is -2.28. The van der Waals surface area contributed by atoms with Gasteiger partial charge in [0.15, 0.2) is 0 Å². The van der Waals surface area contributed by atoms with Gasteiger partial charge < -0.3 is 0 Å². The second kappa shape index (κ2) is 6.24. The predicted molar refractivity (Wildman–Crippen MR) is 91.4 cm³/mol. The third-order valence-corrected chi connectivity index (χ3v) is 4.94. The highest BCUT2D eigenvalue weighted by molar-refractivity contribution is 14.1. The number of benzene rings is 2. The van der Waals surface area contributed by atoms with E-state index in [2.05, 4.69) is 76.5 Å². The first kappa shape index (κ1) is 14.0. The van der Waals surface area contributed by atoms with Crippen LogP contribution in [-0.4, -0.2) is 0 Å². The number of hydrazine groups is 1. The largest absolute Gasteiger partial charge is 0.271 e. The third kappa shape index (κ3) is 2.90. The molecule has 20 heavy (non-hydrogen) atoms. The second-order valence-electron chi connectivity index (χ2n) is 5.45. The van der Waals surface area contributed by atoms with Crippen LogP contribution in [0.15, 0.2) is 48.5 Å². The lowest BCUT2D eigenvalue weighted by Gasteiger charge is -2.26. The predicted octanol–water partition coefficient (Wildman–Crippen LogP) is 4.11. The Bertz CT molecular complexity index is 559. The summed E-state index contributed by atoms with van der Waals surface area (Å²) in [6.07, 6.45) is 4.06. The van der Waals surface area contributed by atoms with Gasteiger partial charge in [-0.3, -0.25) is 5.84 Å². The van der Waals surface area contributed by atoms with Crippen LogP contribution in [-0.2, 0) is 0 Å². The summed E-state index contributed by atoms with van der Waals surface area (Å²) in [6, 6.07) is 17.5. The molecule has 1 saturated carbocycles. The normalized spacial score (nSPS) is 16.7. The van der Waals surface area contributed by atoms with Crippen LogP contribution in [0, 0.1) is 3.57 Å². The van der Waals surface area contributed by atoms with E-state index in [9.17, 15) is 0 Å². The van der Waals surface area contributed by atoms with Crippen molar-refractivity contribution in [2.24, 2.45) is 5.84 Å². The lowest BCUT2D eigenvalue weighted by molar-refractivity contribution is 0.419. The molecule has 3 N–H and O–H groups in total. The smallest absolute Gasteiger partial charge is 0.0710 e. The molecule has 2 aromatic rings. The van der Waals surface area contributed by atoms with Crippen molar-refractivity contribution in [3.05, 3.63) is 68.8 Å². The van der Waals surface area contributed by atoms with Crippen LogP contribution in [0.1, 0.15) is 47.9 Å². The minimum atomic E-state index is 0.0578. The monoisotopic (exact) mass is 378 g/mol. The van der Waals surface area contributed by atoms with Crippen LogP contribution >= 0.6 is 22.6 Å². The van der Waals surface area contributed by atoms with Crippen molar-refractivity contribution in [1.82, 2.24) is 5.43 Å². The molecule has 1 aliphatic rings. The number of nitrogens with one attached hydrogen (secondary N) is 1. The third-order valence-electron chi connectivity index (χ3n) is 4.22. The van der Waals surface area contributed by atoms with Crippen LogP contribution in [0.2, 0.25) is 0 Å². The maximum absolute atomic E-state index is 5.76. The van der Waals surface area contributed by atoms with Gasteiger partial charge in [-0.25, -0.2) is 5.43 Å². The fourth-order valence-corrected chi connectivity index (χ4v) is 3.10. The molecule has 1 unspecified atom stereocenters. The summed E-state index contributed by atoms with van der Waals surface area (Å²) < 4.78 is 1.24. The Morgan fingerprint density at radius 1 is 0.950 bits per heavy atom. The molecule has 1 fully saturated rings. The van der Waals surface area contributed by atoms with E-state index < -0.39 is 0 Å². The number of rotatable bonds is 4. The molecule has 0 radical (unpaired) electrons. The van der Waals surface area contributed by atoms with Gasteiger partial charge in [0, 0.05) is 3.57 Å². The summed E-state index contributed by atoms with van der Waals surface area (Å²) in [5, 5.41) is 0. The van der Waals surface area contributed by atoms with Gasteiger partial charge in [-0.2, -0.15) is 0 Å². The summed E-state index contributed by atoms with van der Waals surface area (Å²) in [5.74, 6) is 6.54. The Hall–Kier alpha value is -0.910. The van der Waals surface area contributed by atoms with E-state index in [1.807, 2.05) is 0 Å². The van der Waals surface area contributed by atoms with E-state index in [-0.39, 0.29) is 6.04 Å². The lowest BCUT2D eigenvalue weighted by atomic mass is 9.79. The Labute approximate surface area is 133 Å². The highest BCUT2D eigenvalue weighted by atomic mass is 127. The first-order valence-corrected chi connectivity index (χ1v) is 8.17. The van der Waals surface area contributed by atoms with E-state index in [0.717, 1.165) is 5.92 Å². The molecule has 0 aromatic heterocycles. The topological polar surface area (TPSA) is 38.0 Å². The van der Waals surface area contributed by atoms with Crippen LogP contribution < -0.4 is 11.3 Å². The van der Waals surface area contributed by atoms with Gasteiger partial charge in [-0.1, -0.05) is 42.8 Å². The summed E-state index contributed by atoms with van der Waals surface area (Å²) in [4.78, 5) is 0. The maximum Gasteiger partial charge on any atom is 0.0710 e. The zero-order valence-electron chi connectivity index (χ0n) is 11.4. The summed E-state index contributed by atoms with van der Waals surface area (Å²) in [5.41, 5.74) is 6.82. The van der Waals surface area contributed by atoms with Crippen LogP contribution in [0.3, 0.4) is 0 Å². The Morgan fingerprint density at radius 2 is 1.50 bits per heavy atom. The van der Waals surface area contributed by atoms with Gasteiger partial charge in [0.2, 0.25) is 0 Å². The molecule has 0 heterocycles. The highest BCUT2D eigenvalue weighted by Crippen LogP contribution is 2.36. The van der Waals surface area contributed by atoms with E-state index in [0.29, 0.717) is 0 Å². The van der Waals surface area contributed by atoms with Crippen molar-refractivity contribution in [3.63, 3.8) is 0 Å². The quantitative estimate of drug-likeness (QED) is 0.477. The Kier molecular flexibility index (Phi) is 4.38. The molecular weight excluding hydrogens is 359 g/mol. The molecule has 0 amide bonds. The first-order chi connectivity index (χ1) is 9.78. The molecule has 1 aliphatic carbocycles. The molecule has 0 aliphatic heterocycles. The molecule has 1 atom stereocenters. The molecule has 0 saturated heterocycles. The molecule has 0 spiro atoms. The second-order valence-corrected chi connectivity index (χ2v) is 6.69. The van der Waals surface area contributed by atoms with Gasteiger partial charge in [-0.05, 0) is 70.2 Å². The van der Waals surface area contributed by atoms with Gasteiger partial charge in [0.25, 0.3) is 0 Å². The zero-order valence-corrected chi connectivity index (χ0v) is 13.5. The van der Waals surface area contributed by atoms with Crippen LogP contribution in [0.4, 0.5) is 0 Å². The number of nitrogens with two attached hydrogens (primary N) is 1. The average Bonchev–Trinajstić information content (AvgIpc) is 2.42. The Balaban J connectivity index is 1.83. The number of halogens is 1. The van der Waals surface area contributed by atoms with Crippen molar-refractivity contribution in [3.8, 4) is 0 Å². The molecule has 3 rings (SSSR count). The number of hydrogen-bond donors (Lipinski definition) is 2. The minimum absolute atomic E-state index is 0.0578. The minimum Gasteiger partial charge on any atom is -0.271 e. The molecule has 2 nitrogen and oxygen atoms in total. The molecule has 2 aromatic carbocycles. The van der Waals surface area contributed by atoms with E-state index in [1.165, 1.54) is 39.5 Å². The van der Waals surface area contributed by atoms with Crippen LogP contribution in [0.25, 0.3) is 0 Å². The van der Waals surface area contributed by atoms with Crippen molar-refractivity contribution in [1.29, 1.82) is 0 Å². The Morgan fingerprint density at radius 3 is 1.95 bits per heavy atom. The van der Waals surface area contributed by atoms with Crippen molar-refractivity contribution >= 4 is 22.6 Å². The fraction of sp³-hybridized carbons (Fsp3) is 0.294. The summed E-state index contributed by atoms with van der Waals surface area (Å²) >= 11 is 2.32. The van der Waals surface area contributed by atoms with Gasteiger partial charge in [0.1, 0.15) is 0 Å². The average molecular weight is 378 g/mol. The molecule has 104 valence electrons. The van der Waals surface area contributed by atoms with Crippen LogP contribution in [0.5, 0.6) is 0 Å². The van der Waals surface area contributed by atoms with Crippen molar-refractivity contribution in [2.75, 3.05) is 0 Å². The van der Waals surface area contributed by atoms with Gasteiger partial charge in [0.05, 0.1) is 6.04 Å². The summed E-state index contributed by atoms with van der Waals surface area (Å²) in [7, 11) is 0. The van der Waals surface area contributed by atoms with Gasteiger partial charge in [-0.15, -0.1) is 0 Å².